The van der Waals surface area contributed by atoms with Crippen LogP contribution in [0.4, 0.5) is 30.7 Å². The summed E-state index contributed by atoms with van der Waals surface area (Å²) in [6.07, 6.45) is -0.436. The average Bonchev–Trinajstić information content (AvgIpc) is 2.87. The first kappa shape index (κ1) is 26.9. The van der Waals surface area contributed by atoms with Crippen LogP contribution in [-0.4, -0.2) is 12.8 Å². The van der Waals surface area contributed by atoms with Crippen LogP contribution in [0, 0.1) is 46.9 Å². The van der Waals surface area contributed by atoms with Gasteiger partial charge in [0.2, 0.25) is 0 Å². The van der Waals surface area contributed by atoms with Crippen LogP contribution >= 0.6 is 0 Å². The van der Waals surface area contributed by atoms with Gasteiger partial charge < -0.3 is 4.74 Å². The van der Waals surface area contributed by atoms with Gasteiger partial charge in [-0.2, -0.15) is 13.2 Å². The summed E-state index contributed by atoms with van der Waals surface area (Å²) >= 11 is 0. The lowest BCUT2D eigenvalue weighted by Gasteiger charge is -2.26. The monoisotopic (exact) mass is 544 g/mol. The molecule has 4 aromatic rings. The molecule has 4 aromatic carbocycles. The summed E-state index contributed by atoms with van der Waals surface area (Å²) in [5.41, 5.74) is -1.41. The van der Waals surface area contributed by atoms with Crippen molar-refractivity contribution < 1.29 is 35.5 Å². The Morgan fingerprint density at radius 1 is 0.795 bits per heavy atom. The van der Waals surface area contributed by atoms with Crippen molar-refractivity contribution in [3.8, 4) is 28.7 Å². The summed E-state index contributed by atoms with van der Waals surface area (Å²) in [4.78, 5) is 0. The number of ether oxygens (including phenoxy) is 1. The van der Waals surface area contributed by atoms with Crippen molar-refractivity contribution in [1.82, 2.24) is 0 Å². The van der Waals surface area contributed by atoms with Crippen molar-refractivity contribution in [1.29, 1.82) is 0 Å². The minimum atomic E-state index is -4.93. The van der Waals surface area contributed by atoms with E-state index < -0.39 is 40.6 Å². The lowest BCUT2D eigenvalue weighted by molar-refractivity contribution is -0.0696. The molecular weight excluding hydrogens is 521 g/mol. The molecule has 0 heterocycles. The Bertz CT molecular complexity index is 1620. The van der Waals surface area contributed by atoms with Gasteiger partial charge in [0.25, 0.3) is 0 Å². The van der Waals surface area contributed by atoms with Crippen LogP contribution in [0.2, 0.25) is 0 Å². The van der Waals surface area contributed by atoms with Crippen LogP contribution in [0.15, 0.2) is 48.5 Å². The molecule has 1 nitrogen and oxygen atoms in total. The molecule has 5 rings (SSSR count). The van der Waals surface area contributed by atoms with Gasteiger partial charge >= 0.3 is 6.18 Å². The Morgan fingerprint density at radius 2 is 1.44 bits per heavy atom. The highest BCUT2D eigenvalue weighted by Crippen LogP contribution is 2.36. The van der Waals surface area contributed by atoms with Gasteiger partial charge in [0.1, 0.15) is 29.0 Å². The van der Waals surface area contributed by atoms with E-state index in [4.69, 9.17) is 4.74 Å². The highest BCUT2D eigenvalue weighted by atomic mass is 19.4. The predicted octanol–water partition coefficient (Wildman–Crippen LogP) is 9.34. The number of hydrogen-bond acceptors (Lipinski definition) is 1. The van der Waals surface area contributed by atoms with Gasteiger partial charge in [-0.1, -0.05) is 37.8 Å². The fraction of sp³-hybridized carbons (Fsp3) is 0.290. The summed E-state index contributed by atoms with van der Waals surface area (Å²) in [6.45, 7) is 2.77. The zero-order chi connectivity index (χ0) is 27.9. The quantitative estimate of drug-likeness (QED) is 0.184. The number of rotatable bonds is 4. The van der Waals surface area contributed by atoms with Gasteiger partial charge in [0.05, 0.1) is 17.7 Å². The molecule has 0 atom stereocenters. The Morgan fingerprint density at radius 3 is 2.15 bits per heavy atom. The fourth-order valence-corrected chi connectivity index (χ4v) is 5.11. The highest BCUT2D eigenvalue weighted by Gasteiger charge is 2.24. The fourth-order valence-electron chi connectivity index (χ4n) is 5.11. The lowest BCUT2D eigenvalue weighted by atomic mass is 9.83. The number of halogens is 7. The number of alkyl halides is 3. The summed E-state index contributed by atoms with van der Waals surface area (Å²) in [5, 5.41) is 0.122. The first-order chi connectivity index (χ1) is 18.5. The van der Waals surface area contributed by atoms with E-state index in [1.54, 1.807) is 12.1 Å². The Kier molecular flexibility index (Phi) is 7.19. The molecule has 202 valence electrons. The first-order valence-electron chi connectivity index (χ1n) is 12.6. The number of benzene rings is 4. The molecule has 0 spiro atoms. The van der Waals surface area contributed by atoms with E-state index in [2.05, 4.69) is 6.92 Å². The van der Waals surface area contributed by atoms with Crippen LogP contribution in [0.25, 0.3) is 32.7 Å². The average molecular weight is 545 g/mol. The molecule has 1 aliphatic rings. The van der Waals surface area contributed by atoms with Crippen molar-refractivity contribution in [2.75, 3.05) is 6.61 Å². The highest BCUT2D eigenvalue weighted by molar-refractivity contribution is 5.93. The predicted molar refractivity (Wildman–Crippen MR) is 136 cm³/mol. The van der Waals surface area contributed by atoms with Crippen molar-refractivity contribution in [2.45, 2.75) is 38.8 Å². The second kappa shape index (κ2) is 10.4. The van der Waals surface area contributed by atoms with E-state index in [0.717, 1.165) is 49.7 Å². The van der Waals surface area contributed by atoms with Crippen molar-refractivity contribution in [3.05, 3.63) is 77.4 Å². The second-order valence-corrected chi connectivity index (χ2v) is 10.1. The minimum absolute atomic E-state index is 0.0131. The molecule has 0 N–H and O–H groups in total. The molecule has 0 radical (unpaired) electrons. The maximum Gasteiger partial charge on any atom is 0.458 e. The van der Waals surface area contributed by atoms with Gasteiger partial charge in [-0.05, 0) is 77.4 Å². The van der Waals surface area contributed by atoms with Gasteiger partial charge in [-0.3, -0.25) is 0 Å². The molecular formula is C31H23F7O. The van der Waals surface area contributed by atoms with Gasteiger partial charge in [0, 0.05) is 16.7 Å². The van der Waals surface area contributed by atoms with Crippen molar-refractivity contribution in [3.63, 3.8) is 0 Å². The standard InChI is InChI=1S/C31H23F7O/c1-17-2-4-18(5-3-17)16-39-22-7-9-24-21(13-22)15-27(33)28(30(24)35)19-6-8-23-20(12-19)14-26(32)25(29(23)34)10-11-31(36,37)38/h6-9,12-15,17-18H,2-5,16H2,1H3. The summed E-state index contributed by atoms with van der Waals surface area (Å²) in [6, 6.07) is 10.2. The van der Waals surface area contributed by atoms with E-state index in [9.17, 15) is 22.0 Å². The SMILES string of the molecule is CC1CCC(COc2ccc3c(F)c(-c4ccc5c(F)c(C#CC(F)(F)F)c(F)cc5c4)c(F)cc3c2)CC1. The molecule has 0 saturated heterocycles. The zero-order valence-electron chi connectivity index (χ0n) is 20.9. The largest absolute Gasteiger partial charge is 0.493 e. The number of hydrogen-bond donors (Lipinski definition) is 0. The second-order valence-electron chi connectivity index (χ2n) is 10.1. The maximum atomic E-state index is 15.5. The Labute approximate surface area is 220 Å². The van der Waals surface area contributed by atoms with Crippen LogP contribution < -0.4 is 4.74 Å². The normalized spacial score (nSPS) is 17.7. The molecule has 1 aliphatic carbocycles. The minimum Gasteiger partial charge on any atom is -0.493 e. The van der Waals surface area contributed by atoms with E-state index in [1.807, 2.05) is 0 Å². The summed E-state index contributed by atoms with van der Waals surface area (Å²) < 4.78 is 103. The molecule has 8 heteroatoms. The topological polar surface area (TPSA) is 9.23 Å². The van der Waals surface area contributed by atoms with Crippen LogP contribution in [0.5, 0.6) is 5.75 Å². The van der Waals surface area contributed by atoms with Crippen LogP contribution in [-0.2, 0) is 0 Å². The molecule has 0 aliphatic heterocycles. The van der Waals surface area contributed by atoms with Gasteiger partial charge in [-0.15, -0.1) is 0 Å². The Hall–Kier alpha value is -3.73. The summed E-state index contributed by atoms with van der Waals surface area (Å²) in [7, 11) is 0. The van der Waals surface area contributed by atoms with E-state index >= 15 is 8.78 Å². The molecule has 0 amide bonds. The smallest absolute Gasteiger partial charge is 0.458 e. The van der Waals surface area contributed by atoms with E-state index in [1.165, 1.54) is 30.2 Å². The molecule has 0 aromatic heterocycles. The van der Waals surface area contributed by atoms with E-state index in [-0.39, 0.29) is 21.7 Å². The van der Waals surface area contributed by atoms with Crippen molar-refractivity contribution in [2.24, 2.45) is 11.8 Å². The molecule has 0 bridgehead atoms. The third kappa shape index (κ3) is 5.68. The summed E-state index contributed by atoms with van der Waals surface area (Å²) in [5.74, 6) is -0.346. The first-order valence-corrected chi connectivity index (χ1v) is 12.6. The Balaban J connectivity index is 1.47. The van der Waals surface area contributed by atoms with Gasteiger partial charge in [0.15, 0.2) is 0 Å². The van der Waals surface area contributed by atoms with Gasteiger partial charge in [-0.25, -0.2) is 17.6 Å². The molecule has 39 heavy (non-hydrogen) atoms. The lowest BCUT2D eigenvalue weighted by Crippen LogP contribution is -2.18. The van der Waals surface area contributed by atoms with Crippen LogP contribution in [0.1, 0.15) is 38.2 Å². The van der Waals surface area contributed by atoms with Crippen molar-refractivity contribution >= 4 is 21.5 Å². The molecule has 1 fully saturated rings. The number of fused-ring (bicyclic) bond motifs is 2. The maximum absolute atomic E-state index is 15.5. The van der Waals surface area contributed by atoms with Crippen LogP contribution in [0.3, 0.4) is 0 Å². The van der Waals surface area contributed by atoms with E-state index in [0.29, 0.717) is 23.7 Å². The third-order valence-corrected chi connectivity index (χ3v) is 7.27. The molecule has 0 unspecified atom stereocenters. The zero-order valence-corrected chi connectivity index (χ0v) is 20.9. The third-order valence-electron chi connectivity index (χ3n) is 7.27. The molecule has 1 saturated carbocycles.